The van der Waals surface area contributed by atoms with Crippen molar-refractivity contribution in [3.8, 4) is 0 Å². The second kappa shape index (κ2) is 6.14. The summed E-state index contributed by atoms with van der Waals surface area (Å²) in [6.07, 6.45) is 0. The SMILES string of the molecule is O=C(Nc1c(Cl)cccc1Cl)c1cc(Br)ccc1Cl. The van der Waals surface area contributed by atoms with Crippen LogP contribution in [0, 0.1) is 0 Å². The molecule has 6 heteroatoms. The van der Waals surface area contributed by atoms with E-state index in [-0.39, 0.29) is 5.91 Å². The van der Waals surface area contributed by atoms with E-state index >= 15 is 0 Å². The van der Waals surface area contributed by atoms with Crippen LogP contribution in [0.25, 0.3) is 0 Å². The number of nitrogens with one attached hydrogen (secondary N) is 1. The Balaban J connectivity index is 2.34. The van der Waals surface area contributed by atoms with Gasteiger partial charge < -0.3 is 5.32 Å². The lowest BCUT2D eigenvalue weighted by atomic mass is 10.2. The van der Waals surface area contributed by atoms with Crippen LogP contribution < -0.4 is 5.32 Å². The van der Waals surface area contributed by atoms with Gasteiger partial charge in [0.05, 0.1) is 26.3 Å². The highest BCUT2D eigenvalue weighted by molar-refractivity contribution is 9.10. The Bertz CT molecular complexity index is 626. The average Bonchev–Trinajstić information content (AvgIpc) is 2.37. The van der Waals surface area contributed by atoms with Gasteiger partial charge in [0.15, 0.2) is 0 Å². The fourth-order valence-electron chi connectivity index (χ4n) is 1.47. The fraction of sp³-hybridized carbons (Fsp3) is 0. The first kappa shape index (κ1) is 14.7. The molecule has 0 saturated carbocycles. The molecule has 0 atom stereocenters. The Kier molecular flexibility index (Phi) is 4.74. The normalized spacial score (nSPS) is 10.3. The van der Waals surface area contributed by atoms with E-state index in [1.165, 1.54) is 0 Å². The second-order valence-electron chi connectivity index (χ2n) is 3.67. The molecule has 0 fully saturated rings. The maximum Gasteiger partial charge on any atom is 0.257 e. The number of para-hydroxylation sites is 1. The zero-order chi connectivity index (χ0) is 14.0. The molecule has 0 saturated heterocycles. The zero-order valence-corrected chi connectivity index (χ0v) is 13.2. The molecule has 0 aliphatic rings. The molecule has 98 valence electrons. The molecule has 0 radical (unpaired) electrons. The van der Waals surface area contributed by atoms with Gasteiger partial charge in [0, 0.05) is 4.47 Å². The van der Waals surface area contributed by atoms with E-state index in [0.717, 1.165) is 4.47 Å². The minimum Gasteiger partial charge on any atom is -0.319 e. The van der Waals surface area contributed by atoms with Gasteiger partial charge in [0.25, 0.3) is 5.91 Å². The Morgan fingerprint density at radius 3 is 2.26 bits per heavy atom. The molecule has 0 aliphatic heterocycles. The van der Waals surface area contributed by atoms with Crippen LogP contribution in [0.5, 0.6) is 0 Å². The lowest BCUT2D eigenvalue weighted by Crippen LogP contribution is -2.13. The Labute approximate surface area is 133 Å². The summed E-state index contributed by atoms with van der Waals surface area (Å²) in [5.74, 6) is -0.374. The largest absolute Gasteiger partial charge is 0.319 e. The van der Waals surface area contributed by atoms with E-state index in [9.17, 15) is 4.79 Å². The van der Waals surface area contributed by atoms with Crippen LogP contribution in [0.15, 0.2) is 40.9 Å². The monoisotopic (exact) mass is 377 g/mol. The number of halogens is 4. The molecule has 2 rings (SSSR count). The molecule has 0 heterocycles. The molecule has 0 spiro atoms. The van der Waals surface area contributed by atoms with E-state index in [0.29, 0.717) is 26.3 Å². The van der Waals surface area contributed by atoms with Gasteiger partial charge in [0.2, 0.25) is 0 Å². The van der Waals surface area contributed by atoms with Gasteiger partial charge in [-0.2, -0.15) is 0 Å². The van der Waals surface area contributed by atoms with Crippen molar-refractivity contribution in [2.75, 3.05) is 5.32 Å². The van der Waals surface area contributed by atoms with Crippen molar-refractivity contribution in [1.82, 2.24) is 0 Å². The van der Waals surface area contributed by atoms with E-state index in [1.807, 2.05) is 0 Å². The minimum absolute atomic E-state index is 0.340. The van der Waals surface area contributed by atoms with Crippen LogP contribution in [0.1, 0.15) is 10.4 Å². The van der Waals surface area contributed by atoms with Crippen molar-refractivity contribution in [3.63, 3.8) is 0 Å². The maximum absolute atomic E-state index is 12.2. The quantitative estimate of drug-likeness (QED) is 0.716. The Hall–Kier alpha value is -0.740. The van der Waals surface area contributed by atoms with Gasteiger partial charge in [0.1, 0.15) is 0 Å². The van der Waals surface area contributed by atoms with Gasteiger partial charge in [-0.05, 0) is 30.3 Å². The highest BCUT2D eigenvalue weighted by Crippen LogP contribution is 2.31. The lowest BCUT2D eigenvalue weighted by Gasteiger charge is -2.10. The first-order valence-electron chi connectivity index (χ1n) is 5.19. The highest BCUT2D eigenvalue weighted by Gasteiger charge is 2.14. The van der Waals surface area contributed by atoms with Crippen molar-refractivity contribution in [1.29, 1.82) is 0 Å². The summed E-state index contributed by atoms with van der Waals surface area (Å²) in [5.41, 5.74) is 0.707. The summed E-state index contributed by atoms with van der Waals surface area (Å²) in [7, 11) is 0. The Morgan fingerprint density at radius 2 is 1.63 bits per heavy atom. The van der Waals surface area contributed by atoms with Gasteiger partial charge in [-0.25, -0.2) is 0 Å². The van der Waals surface area contributed by atoms with Gasteiger partial charge in [-0.1, -0.05) is 56.8 Å². The highest BCUT2D eigenvalue weighted by atomic mass is 79.9. The number of anilines is 1. The number of hydrogen-bond acceptors (Lipinski definition) is 1. The van der Waals surface area contributed by atoms with Crippen LogP contribution in [0.3, 0.4) is 0 Å². The fourth-order valence-corrected chi connectivity index (χ4v) is 2.53. The summed E-state index contributed by atoms with van der Waals surface area (Å²) < 4.78 is 0.757. The van der Waals surface area contributed by atoms with E-state index in [2.05, 4.69) is 21.2 Å². The van der Waals surface area contributed by atoms with Crippen LogP contribution >= 0.6 is 50.7 Å². The second-order valence-corrected chi connectivity index (χ2v) is 5.81. The van der Waals surface area contributed by atoms with E-state index in [4.69, 9.17) is 34.8 Å². The smallest absolute Gasteiger partial charge is 0.257 e. The summed E-state index contributed by atoms with van der Waals surface area (Å²) in [6.45, 7) is 0. The van der Waals surface area contributed by atoms with Crippen LogP contribution in [-0.2, 0) is 0 Å². The standard InChI is InChI=1S/C13H7BrCl3NO/c14-7-4-5-9(15)8(6-7)13(19)18-12-10(16)2-1-3-11(12)17/h1-6H,(H,18,19). The third kappa shape index (κ3) is 3.42. The van der Waals surface area contributed by atoms with Crippen molar-refractivity contribution in [3.05, 3.63) is 61.5 Å². The van der Waals surface area contributed by atoms with Crippen molar-refractivity contribution < 1.29 is 4.79 Å². The summed E-state index contributed by atoms with van der Waals surface area (Å²) in [6, 6.07) is 10.0. The number of carbonyl (C=O) groups excluding carboxylic acids is 1. The first-order valence-corrected chi connectivity index (χ1v) is 7.12. The van der Waals surface area contributed by atoms with Crippen LogP contribution in [0.4, 0.5) is 5.69 Å². The Morgan fingerprint density at radius 1 is 1.00 bits per heavy atom. The third-order valence-corrected chi connectivity index (χ3v) is 3.83. The van der Waals surface area contributed by atoms with E-state index in [1.54, 1.807) is 36.4 Å². The maximum atomic E-state index is 12.2. The number of benzene rings is 2. The molecule has 0 bridgehead atoms. The summed E-state index contributed by atoms with van der Waals surface area (Å²) in [4.78, 5) is 12.2. The molecular formula is C13H7BrCl3NO. The van der Waals surface area contributed by atoms with Gasteiger partial charge >= 0.3 is 0 Å². The predicted octanol–water partition coefficient (Wildman–Crippen LogP) is 5.66. The molecule has 2 aromatic rings. The molecule has 1 amide bonds. The van der Waals surface area contributed by atoms with Gasteiger partial charge in [-0.15, -0.1) is 0 Å². The first-order chi connectivity index (χ1) is 8.99. The van der Waals surface area contributed by atoms with Crippen molar-refractivity contribution in [2.24, 2.45) is 0 Å². The van der Waals surface area contributed by atoms with Crippen molar-refractivity contribution >= 4 is 62.3 Å². The number of amides is 1. The molecule has 19 heavy (non-hydrogen) atoms. The van der Waals surface area contributed by atoms with Crippen LogP contribution in [-0.4, -0.2) is 5.91 Å². The zero-order valence-electron chi connectivity index (χ0n) is 9.38. The molecule has 2 nitrogen and oxygen atoms in total. The van der Waals surface area contributed by atoms with E-state index < -0.39 is 0 Å². The molecular weight excluding hydrogens is 372 g/mol. The average molecular weight is 379 g/mol. The predicted molar refractivity (Wildman–Crippen MR) is 83.6 cm³/mol. The van der Waals surface area contributed by atoms with Crippen molar-refractivity contribution in [2.45, 2.75) is 0 Å². The summed E-state index contributed by atoms with van der Waals surface area (Å²) in [5, 5.41) is 3.74. The number of hydrogen-bond donors (Lipinski definition) is 1. The third-order valence-electron chi connectivity index (χ3n) is 2.37. The number of carbonyl (C=O) groups is 1. The van der Waals surface area contributed by atoms with Crippen LogP contribution in [0.2, 0.25) is 15.1 Å². The molecule has 0 unspecified atom stereocenters. The lowest BCUT2D eigenvalue weighted by molar-refractivity contribution is 0.102. The molecule has 1 N–H and O–H groups in total. The molecule has 0 aliphatic carbocycles. The summed E-state index contributed by atoms with van der Waals surface area (Å²) >= 11 is 21.3. The topological polar surface area (TPSA) is 29.1 Å². The minimum atomic E-state index is -0.374. The molecule has 0 aromatic heterocycles. The van der Waals surface area contributed by atoms with Gasteiger partial charge in [-0.3, -0.25) is 4.79 Å². The number of rotatable bonds is 2. The molecule has 2 aromatic carbocycles.